The van der Waals surface area contributed by atoms with Gasteiger partial charge in [0.15, 0.2) is 0 Å². The van der Waals surface area contributed by atoms with Gasteiger partial charge in [0.2, 0.25) is 0 Å². The van der Waals surface area contributed by atoms with Crippen molar-refractivity contribution in [2.24, 2.45) is 0 Å². The van der Waals surface area contributed by atoms with Crippen LogP contribution in [0.4, 0.5) is 16.2 Å². The minimum atomic E-state index is -0.920. The van der Waals surface area contributed by atoms with E-state index in [1.54, 1.807) is 6.07 Å². The van der Waals surface area contributed by atoms with Crippen LogP contribution in [0.1, 0.15) is 5.56 Å². The van der Waals surface area contributed by atoms with Gasteiger partial charge in [0, 0.05) is 26.2 Å². The molecule has 1 aromatic carbocycles. The second-order valence-corrected chi connectivity index (χ2v) is 4.65. The fourth-order valence-electron chi connectivity index (χ4n) is 2.06. The molecule has 19 heavy (non-hydrogen) atoms. The number of benzene rings is 1. The average molecular weight is 281 g/mol. The zero-order valence-corrected chi connectivity index (χ0v) is 10.9. The van der Waals surface area contributed by atoms with Crippen LogP contribution in [0.5, 0.6) is 0 Å². The Labute approximate surface area is 115 Å². The molecule has 0 spiro atoms. The van der Waals surface area contributed by atoms with Gasteiger partial charge in [-0.05, 0) is 12.1 Å². The number of piperazine rings is 1. The third kappa shape index (κ3) is 2.66. The van der Waals surface area contributed by atoms with Crippen LogP contribution in [0.15, 0.2) is 12.1 Å². The van der Waals surface area contributed by atoms with Gasteiger partial charge >= 0.3 is 6.09 Å². The fourth-order valence-corrected chi connectivity index (χ4v) is 2.29. The lowest BCUT2D eigenvalue weighted by atomic mass is 10.1. The molecule has 1 fully saturated rings. The Bertz CT molecular complexity index is 547. The van der Waals surface area contributed by atoms with Gasteiger partial charge in [-0.25, -0.2) is 4.79 Å². The van der Waals surface area contributed by atoms with Gasteiger partial charge in [-0.1, -0.05) is 11.6 Å². The van der Waals surface area contributed by atoms with Crippen LogP contribution in [-0.4, -0.2) is 42.3 Å². The summed E-state index contributed by atoms with van der Waals surface area (Å²) in [6.07, 6.45) is -0.920. The topological polar surface area (TPSA) is 93.6 Å². The first-order valence-corrected chi connectivity index (χ1v) is 6.12. The summed E-state index contributed by atoms with van der Waals surface area (Å²) < 4.78 is 0. The largest absolute Gasteiger partial charge is 0.465 e. The van der Waals surface area contributed by atoms with Crippen molar-refractivity contribution in [1.29, 1.82) is 5.26 Å². The van der Waals surface area contributed by atoms with E-state index >= 15 is 0 Å². The number of carboxylic acid groups (broad SMARTS) is 1. The Morgan fingerprint density at radius 3 is 2.53 bits per heavy atom. The Hall–Kier alpha value is -2.13. The van der Waals surface area contributed by atoms with E-state index in [1.165, 1.54) is 11.0 Å². The van der Waals surface area contributed by atoms with Crippen molar-refractivity contribution in [3.8, 4) is 6.07 Å². The molecule has 0 saturated carbocycles. The van der Waals surface area contributed by atoms with Crippen molar-refractivity contribution in [1.82, 2.24) is 4.90 Å². The molecule has 0 aliphatic carbocycles. The highest BCUT2D eigenvalue weighted by molar-refractivity contribution is 6.35. The lowest BCUT2D eigenvalue weighted by Crippen LogP contribution is -2.48. The third-order valence-electron chi connectivity index (χ3n) is 3.10. The second-order valence-electron chi connectivity index (χ2n) is 4.27. The molecule has 1 aliphatic rings. The lowest BCUT2D eigenvalue weighted by Gasteiger charge is -2.35. The molecule has 0 aromatic heterocycles. The molecule has 1 aromatic rings. The number of nitrogen functional groups attached to an aromatic ring is 1. The fraction of sp³-hybridized carbons (Fsp3) is 0.333. The van der Waals surface area contributed by atoms with Gasteiger partial charge < -0.3 is 20.6 Å². The normalized spacial score (nSPS) is 15.2. The van der Waals surface area contributed by atoms with Gasteiger partial charge in [-0.15, -0.1) is 0 Å². The molecule has 0 radical (unpaired) electrons. The van der Waals surface area contributed by atoms with Crippen molar-refractivity contribution in [2.75, 3.05) is 36.8 Å². The molecule has 1 amide bonds. The highest BCUT2D eigenvalue weighted by Gasteiger charge is 2.22. The molecular formula is C12H13ClN4O2. The molecular weight excluding hydrogens is 268 g/mol. The summed E-state index contributed by atoms with van der Waals surface area (Å²) in [5.41, 5.74) is 7.25. The van der Waals surface area contributed by atoms with E-state index < -0.39 is 6.09 Å². The summed E-state index contributed by atoms with van der Waals surface area (Å²) in [6, 6.07) is 5.23. The van der Waals surface area contributed by atoms with Crippen LogP contribution in [0.25, 0.3) is 0 Å². The van der Waals surface area contributed by atoms with Gasteiger partial charge in [0.1, 0.15) is 0 Å². The quantitative estimate of drug-likeness (QED) is 0.762. The van der Waals surface area contributed by atoms with Gasteiger partial charge in [-0.2, -0.15) is 5.26 Å². The van der Waals surface area contributed by atoms with E-state index in [0.29, 0.717) is 48.1 Å². The number of nitrogens with zero attached hydrogens (tertiary/aromatic N) is 3. The summed E-state index contributed by atoms with van der Waals surface area (Å²) in [5.74, 6) is 0. The molecule has 100 valence electrons. The van der Waals surface area contributed by atoms with E-state index in [9.17, 15) is 4.79 Å². The Morgan fingerprint density at radius 1 is 1.37 bits per heavy atom. The number of hydrogen-bond donors (Lipinski definition) is 2. The summed E-state index contributed by atoms with van der Waals surface area (Å²) >= 11 is 6.15. The molecule has 0 atom stereocenters. The highest BCUT2D eigenvalue weighted by Crippen LogP contribution is 2.33. The summed E-state index contributed by atoms with van der Waals surface area (Å²) in [6.45, 7) is 1.87. The Kier molecular flexibility index (Phi) is 3.67. The van der Waals surface area contributed by atoms with E-state index in [2.05, 4.69) is 0 Å². The lowest BCUT2D eigenvalue weighted by molar-refractivity contribution is 0.142. The molecule has 2 rings (SSSR count). The van der Waals surface area contributed by atoms with Crippen LogP contribution < -0.4 is 10.6 Å². The van der Waals surface area contributed by atoms with Crippen molar-refractivity contribution < 1.29 is 9.90 Å². The molecule has 7 heteroatoms. The maximum atomic E-state index is 10.8. The number of rotatable bonds is 1. The number of carbonyl (C=O) groups is 1. The van der Waals surface area contributed by atoms with E-state index in [0.717, 1.165) is 0 Å². The number of nitrogens with two attached hydrogens (primary N) is 1. The van der Waals surface area contributed by atoms with Crippen LogP contribution in [0.3, 0.4) is 0 Å². The number of halogens is 1. The minimum absolute atomic E-state index is 0.358. The highest BCUT2D eigenvalue weighted by atomic mass is 35.5. The number of amides is 1. The molecule has 0 unspecified atom stereocenters. The number of nitriles is 1. The maximum Gasteiger partial charge on any atom is 0.407 e. The van der Waals surface area contributed by atoms with Crippen LogP contribution in [-0.2, 0) is 0 Å². The predicted molar refractivity (Wildman–Crippen MR) is 72.4 cm³/mol. The molecule has 1 saturated heterocycles. The SMILES string of the molecule is N#Cc1cc(N)c(Cl)c(N2CCN(C(=O)O)CC2)c1. The van der Waals surface area contributed by atoms with E-state index in [4.69, 9.17) is 27.7 Å². The van der Waals surface area contributed by atoms with Gasteiger partial charge in [0.25, 0.3) is 0 Å². The predicted octanol–water partition coefficient (Wildman–Crippen LogP) is 1.59. The number of hydrogen-bond acceptors (Lipinski definition) is 4. The van der Waals surface area contributed by atoms with Crippen LogP contribution in [0.2, 0.25) is 5.02 Å². The first kappa shape index (κ1) is 13.3. The Morgan fingerprint density at radius 2 is 2.00 bits per heavy atom. The molecule has 3 N–H and O–H groups in total. The van der Waals surface area contributed by atoms with Crippen LogP contribution >= 0.6 is 11.6 Å². The standard InChI is InChI=1S/C12H13ClN4O2/c13-11-9(15)5-8(7-14)6-10(11)16-1-3-17(4-2-16)12(18)19/h5-6H,1-4,15H2,(H,18,19). The molecule has 1 aliphatic heterocycles. The number of anilines is 2. The first-order chi connectivity index (χ1) is 9.02. The van der Waals surface area contributed by atoms with Gasteiger partial charge in [-0.3, -0.25) is 0 Å². The third-order valence-corrected chi connectivity index (χ3v) is 3.51. The monoisotopic (exact) mass is 280 g/mol. The zero-order chi connectivity index (χ0) is 14.0. The Balaban J connectivity index is 2.22. The maximum absolute atomic E-state index is 10.8. The zero-order valence-electron chi connectivity index (χ0n) is 10.1. The van der Waals surface area contributed by atoms with E-state index in [1.807, 2.05) is 11.0 Å². The summed E-state index contributed by atoms with van der Waals surface area (Å²) in [4.78, 5) is 14.1. The van der Waals surface area contributed by atoms with Crippen molar-refractivity contribution in [3.05, 3.63) is 22.7 Å². The minimum Gasteiger partial charge on any atom is -0.465 e. The molecule has 1 heterocycles. The summed E-state index contributed by atoms with van der Waals surface area (Å²) in [7, 11) is 0. The first-order valence-electron chi connectivity index (χ1n) is 5.75. The van der Waals surface area contributed by atoms with Crippen molar-refractivity contribution >= 4 is 29.1 Å². The van der Waals surface area contributed by atoms with Gasteiger partial charge in [0.05, 0.1) is 28.0 Å². The van der Waals surface area contributed by atoms with Crippen molar-refractivity contribution in [2.45, 2.75) is 0 Å². The van der Waals surface area contributed by atoms with Crippen molar-refractivity contribution in [3.63, 3.8) is 0 Å². The average Bonchev–Trinajstić information content (AvgIpc) is 2.41. The molecule has 6 nitrogen and oxygen atoms in total. The summed E-state index contributed by atoms with van der Waals surface area (Å²) in [5, 5.41) is 18.2. The second kappa shape index (κ2) is 5.24. The molecule has 0 bridgehead atoms. The van der Waals surface area contributed by atoms with E-state index in [-0.39, 0.29) is 0 Å². The van der Waals surface area contributed by atoms with Crippen LogP contribution in [0, 0.1) is 11.3 Å². The smallest absolute Gasteiger partial charge is 0.407 e.